The molecule has 0 fully saturated rings. The summed E-state index contributed by atoms with van der Waals surface area (Å²) >= 11 is 0. The van der Waals surface area contributed by atoms with E-state index in [0.29, 0.717) is 5.76 Å². The molecule has 0 aliphatic heterocycles. The van der Waals surface area contributed by atoms with Crippen molar-refractivity contribution in [3.05, 3.63) is 66.7 Å². The molecule has 0 amide bonds. The van der Waals surface area contributed by atoms with Gasteiger partial charge in [-0.15, -0.1) is 0 Å². The van der Waals surface area contributed by atoms with Crippen molar-refractivity contribution < 1.29 is 14.1 Å². The molecule has 0 saturated heterocycles. The smallest absolute Gasteiger partial charge is 0.192 e. The number of aromatic nitrogens is 1. The summed E-state index contributed by atoms with van der Waals surface area (Å²) in [6.07, 6.45) is 8.82. The number of anilines is 2. The van der Waals surface area contributed by atoms with Gasteiger partial charge in [0, 0.05) is 5.56 Å². The van der Waals surface area contributed by atoms with Crippen molar-refractivity contribution in [3.8, 4) is 23.5 Å². The molecule has 3 aromatic rings. The monoisotopic (exact) mass is 335 g/mol. The minimum atomic E-state index is 0.707. The minimum Gasteiger partial charge on any atom is -0.444 e. The lowest BCUT2D eigenvalue weighted by Crippen LogP contribution is -1.98. The van der Waals surface area contributed by atoms with Crippen molar-refractivity contribution in [1.29, 1.82) is 0 Å². The maximum atomic E-state index is 5.23. The molecule has 6 heteroatoms. The van der Waals surface area contributed by atoms with E-state index in [1.165, 1.54) is 12.0 Å². The fourth-order valence-electron chi connectivity index (χ4n) is 2.13. The highest BCUT2D eigenvalue weighted by molar-refractivity contribution is 5.60. The molecule has 0 atom stereocenters. The van der Waals surface area contributed by atoms with E-state index in [-0.39, 0.29) is 0 Å². The molecule has 0 radical (unpaired) electrons. The van der Waals surface area contributed by atoms with Gasteiger partial charge in [-0.3, -0.25) is 0 Å². The number of aryl methyl sites for hydroxylation is 1. The van der Waals surface area contributed by atoms with E-state index in [4.69, 9.17) is 14.1 Å². The van der Waals surface area contributed by atoms with Gasteiger partial charge in [0.25, 0.3) is 0 Å². The first-order valence-corrected chi connectivity index (χ1v) is 7.76. The summed E-state index contributed by atoms with van der Waals surface area (Å²) in [5.41, 5.74) is 9.18. The van der Waals surface area contributed by atoms with Crippen LogP contribution in [0.1, 0.15) is 12.5 Å². The number of benzene rings is 2. The van der Waals surface area contributed by atoms with Crippen LogP contribution >= 0.6 is 0 Å². The van der Waals surface area contributed by atoms with Crippen LogP contribution in [0.5, 0.6) is 0 Å². The Morgan fingerprint density at radius 2 is 1.76 bits per heavy atom. The van der Waals surface area contributed by atoms with Crippen molar-refractivity contribution in [2.45, 2.75) is 13.3 Å². The van der Waals surface area contributed by atoms with Gasteiger partial charge in [0.1, 0.15) is 0 Å². The van der Waals surface area contributed by atoms with E-state index in [1.807, 2.05) is 42.5 Å². The minimum absolute atomic E-state index is 0.707. The first kappa shape index (κ1) is 16.3. The predicted octanol–water partition coefficient (Wildman–Crippen LogP) is 4.21. The Hall–Kier alpha value is -3.59. The van der Waals surface area contributed by atoms with Crippen molar-refractivity contribution in [3.63, 3.8) is 0 Å². The number of rotatable bonds is 6. The van der Waals surface area contributed by atoms with Gasteiger partial charge in [-0.1, -0.05) is 19.1 Å². The molecule has 0 unspecified atom stereocenters. The van der Waals surface area contributed by atoms with E-state index in [2.05, 4.69) is 41.1 Å². The lowest BCUT2D eigenvalue weighted by Gasteiger charge is -2.04. The number of nitrogens with zero attached hydrogens (tertiary/aromatic N) is 1. The first-order chi connectivity index (χ1) is 12.3. The Bertz CT molecular complexity index is 850. The summed E-state index contributed by atoms with van der Waals surface area (Å²) in [4.78, 5) is 13.9. The highest BCUT2D eigenvalue weighted by Gasteiger charge is 2.00. The van der Waals surface area contributed by atoms with Gasteiger partial charge in [-0.25, -0.2) is 15.9 Å². The second-order valence-electron chi connectivity index (χ2n) is 5.11. The van der Waals surface area contributed by atoms with Gasteiger partial charge < -0.3 is 14.1 Å². The van der Waals surface area contributed by atoms with Crippen molar-refractivity contribution in [2.75, 3.05) is 11.0 Å². The molecule has 0 saturated carbocycles. The highest BCUT2D eigenvalue weighted by Crippen LogP contribution is 2.20. The van der Waals surface area contributed by atoms with E-state index in [0.717, 1.165) is 23.4 Å². The Labute approximate surface area is 145 Å². The summed E-state index contributed by atoms with van der Waals surface area (Å²) in [6.45, 7) is 2.09. The van der Waals surface area contributed by atoms with Gasteiger partial charge in [-0.2, -0.15) is 0 Å². The topological polar surface area (TPSA) is 68.5 Å². The summed E-state index contributed by atoms with van der Waals surface area (Å²) in [6, 6.07) is 15.4. The van der Waals surface area contributed by atoms with Gasteiger partial charge in [-0.05, 0) is 48.4 Å². The third-order valence-electron chi connectivity index (χ3n) is 3.42. The van der Waals surface area contributed by atoms with Gasteiger partial charge >= 0.3 is 0 Å². The Morgan fingerprint density at radius 3 is 2.44 bits per heavy atom. The average Bonchev–Trinajstić information content (AvgIpc) is 3.20. The summed E-state index contributed by atoms with van der Waals surface area (Å²) in [5, 5.41) is 0. The molecule has 0 spiro atoms. The van der Waals surface area contributed by atoms with Gasteiger partial charge in [0.15, 0.2) is 24.4 Å². The second-order valence-corrected chi connectivity index (χ2v) is 5.11. The summed E-state index contributed by atoms with van der Waals surface area (Å²) in [5.74, 6) is 0.707. The molecule has 25 heavy (non-hydrogen) atoms. The normalized spacial score (nSPS) is 9.64. The number of nitrogens with one attached hydrogen (secondary N) is 2. The Kier molecular flexibility index (Phi) is 5.41. The molecule has 1 heterocycles. The standard InChI is InChI=1S/C19H17N3O3/c1-2-15-4-3-5-18(12-15)22-25-11-10-24-21-17-8-6-16(7-9-17)19-13-20-14-23-19/h3-9,12-14,21-22H,2H2,1H3. The van der Waals surface area contributed by atoms with E-state index >= 15 is 0 Å². The lowest BCUT2D eigenvalue weighted by molar-refractivity contribution is 0.327. The van der Waals surface area contributed by atoms with Crippen LogP contribution in [0.25, 0.3) is 11.3 Å². The van der Waals surface area contributed by atoms with Crippen LogP contribution in [0.4, 0.5) is 11.4 Å². The van der Waals surface area contributed by atoms with Crippen molar-refractivity contribution in [2.24, 2.45) is 0 Å². The summed E-state index contributed by atoms with van der Waals surface area (Å²) < 4.78 is 5.23. The van der Waals surface area contributed by atoms with Crippen LogP contribution in [-0.4, -0.2) is 4.98 Å². The molecule has 0 aliphatic rings. The molecule has 2 N–H and O–H groups in total. The molecule has 0 aliphatic carbocycles. The molecule has 2 aromatic carbocycles. The fourth-order valence-corrected chi connectivity index (χ4v) is 2.13. The van der Waals surface area contributed by atoms with Gasteiger partial charge in [0.2, 0.25) is 0 Å². The van der Waals surface area contributed by atoms with Gasteiger partial charge in [0.05, 0.1) is 17.6 Å². The third kappa shape index (κ3) is 4.69. The zero-order valence-corrected chi connectivity index (χ0v) is 13.7. The Balaban J connectivity index is 1.43. The number of oxazole rings is 1. The zero-order chi connectivity index (χ0) is 17.3. The Morgan fingerprint density at radius 1 is 1.00 bits per heavy atom. The molecular formula is C19H17N3O3. The van der Waals surface area contributed by atoms with E-state index in [9.17, 15) is 0 Å². The van der Waals surface area contributed by atoms with Crippen LogP contribution in [0, 0.1) is 12.2 Å². The van der Waals surface area contributed by atoms with Crippen LogP contribution in [0.15, 0.2) is 65.5 Å². The SMILES string of the molecule is CCc1cccc(NOC#CONc2ccc(-c3cnco3)cc2)c1. The third-order valence-corrected chi connectivity index (χ3v) is 3.42. The first-order valence-electron chi connectivity index (χ1n) is 7.76. The maximum absolute atomic E-state index is 5.23. The summed E-state index contributed by atoms with van der Waals surface area (Å²) in [7, 11) is 0. The number of hydrogen-bond acceptors (Lipinski definition) is 6. The molecule has 126 valence electrons. The highest BCUT2D eigenvalue weighted by atomic mass is 16.7. The number of hydrogen-bond donors (Lipinski definition) is 2. The quantitative estimate of drug-likeness (QED) is 0.519. The molecule has 6 nitrogen and oxygen atoms in total. The molecule has 0 bridgehead atoms. The van der Waals surface area contributed by atoms with E-state index < -0.39 is 0 Å². The zero-order valence-electron chi connectivity index (χ0n) is 13.7. The molecular weight excluding hydrogens is 318 g/mol. The lowest BCUT2D eigenvalue weighted by atomic mass is 10.1. The molecule has 1 aromatic heterocycles. The predicted molar refractivity (Wildman–Crippen MR) is 95.0 cm³/mol. The van der Waals surface area contributed by atoms with Crippen LogP contribution in [0.3, 0.4) is 0 Å². The average molecular weight is 335 g/mol. The fraction of sp³-hybridized carbons (Fsp3) is 0.105. The molecule has 3 rings (SSSR count). The van der Waals surface area contributed by atoms with Crippen LogP contribution < -0.4 is 11.0 Å². The van der Waals surface area contributed by atoms with Crippen molar-refractivity contribution >= 4 is 11.4 Å². The van der Waals surface area contributed by atoms with Crippen LogP contribution in [-0.2, 0) is 16.1 Å². The second kappa shape index (κ2) is 8.31. The van der Waals surface area contributed by atoms with E-state index in [1.54, 1.807) is 6.20 Å². The maximum Gasteiger partial charge on any atom is 0.192 e. The van der Waals surface area contributed by atoms with Crippen molar-refractivity contribution in [1.82, 2.24) is 4.98 Å². The van der Waals surface area contributed by atoms with Crippen LogP contribution in [0.2, 0.25) is 0 Å². The largest absolute Gasteiger partial charge is 0.444 e.